The molecule has 0 unspecified atom stereocenters. The summed E-state index contributed by atoms with van der Waals surface area (Å²) in [5.41, 5.74) is -0.0361. The largest absolute Gasteiger partial charge is 0.661 e. The van der Waals surface area contributed by atoms with Gasteiger partial charge in [0.1, 0.15) is 0 Å². The second-order valence-electron chi connectivity index (χ2n) is 2.67. The Morgan fingerprint density at radius 2 is 2.00 bits per heavy atom. The number of halogens is 3. The molecule has 0 radical (unpaired) electrons. The molecule has 1 nitrogen and oxygen atoms in total. The van der Waals surface area contributed by atoms with E-state index in [2.05, 4.69) is 5.32 Å². The molecular formula is C9H9F3N-. The molecule has 0 aliphatic heterocycles. The smallest absolute Gasteiger partial charge is 0.416 e. The standard InChI is InChI=1S/C9H9F3N/c1-13-6-7-3-2-4-8(5-7)9(10,11)12/h2-5H,6H2,1H3/q-1. The predicted molar refractivity (Wildman–Crippen MR) is 44.4 cm³/mol. The molecular weight excluding hydrogens is 179 g/mol. The van der Waals surface area contributed by atoms with E-state index in [0.717, 1.165) is 12.1 Å². The van der Waals surface area contributed by atoms with Crippen molar-refractivity contribution in [3.8, 4) is 0 Å². The Labute approximate surface area is 74.6 Å². The quantitative estimate of drug-likeness (QED) is 0.676. The van der Waals surface area contributed by atoms with Gasteiger partial charge in [0.25, 0.3) is 0 Å². The van der Waals surface area contributed by atoms with Crippen molar-refractivity contribution in [3.05, 3.63) is 40.7 Å². The Morgan fingerprint density at radius 3 is 2.54 bits per heavy atom. The van der Waals surface area contributed by atoms with Gasteiger partial charge in [0.15, 0.2) is 0 Å². The highest BCUT2D eigenvalue weighted by Crippen LogP contribution is 2.29. The predicted octanol–water partition coefficient (Wildman–Crippen LogP) is 3.21. The van der Waals surface area contributed by atoms with Crippen molar-refractivity contribution in [1.82, 2.24) is 0 Å². The Balaban J connectivity index is 2.92. The van der Waals surface area contributed by atoms with Gasteiger partial charge in [-0.3, -0.25) is 0 Å². The summed E-state index contributed by atoms with van der Waals surface area (Å²) in [6.07, 6.45) is -4.26. The third-order valence-electron chi connectivity index (χ3n) is 1.59. The first-order valence-corrected chi connectivity index (χ1v) is 3.76. The molecule has 0 bridgehead atoms. The van der Waals surface area contributed by atoms with Gasteiger partial charge < -0.3 is 5.32 Å². The van der Waals surface area contributed by atoms with Crippen LogP contribution in [0.15, 0.2) is 24.3 Å². The van der Waals surface area contributed by atoms with E-state index >= 15 is 0 Å². The summed E-state index contributed by atoms with van der Waals surface area (Å²) in [5.74, 6) is 0. The average molecular weight is 188 g/mol. The number of hydrogen-bond acceptors (Lipinski definition) is 0. The Morgan fingerprint density at radius 1 is 1.31 bits per heavy atom. The molecule has 0 atom stereocenters. The van der Waals surface area contributed by atoms with Crippen LogP contribution in [0.4, 0.5) is 13.2 Å². The lowest BCUT2D eigenvalue weighted by atomic mass is 10.1. The van der Waals surface area contributed by atoms with E-state index in [1.54, 1.807) is 13.1 Å². The minimum Gasteiger partial charge on any atom is -0.661 e. The van der Waals surface area contributed by atoms with Crippen molar-refractivity contribution >= 4 is 0 Å². The van der Waals surface area contributed by atoms with Crippen LogP contribution in [0.1, 0.15) is 11.1 Å². The topological polar surface area (TPSA) is 14.1 Å². The fraction of sp³-hybridized carbons (Fsp3) is 0.333. The van der Waals surface area contributed by atoms with Crippen molar-refractivity contribution < 1.29 is 13.2 Å². The van der Waals surface area contributed by atoms with Crippen LogP contribution in [0.5, 0.6) is 0 Å². The minimum atomic E-state index is -4.26. The van der Waals surface area contributed by atoms with Gasteiger partial charge in [-0.15, -0.1) is 6.54 Å². The van der Waals surface area contributed by atoms with E-state index in [-0.39, 0.29) is 0 Å². The summed E-state index contributed by atoms with van der Waals surface area (Å²) < 4.78 is 36.5. The van der Waals surface area contributed by atoms with Crippen molar-refractivity contribution in [2.24, 2.45) is 0 Å². The van der Waals surface area contributed by atoms with Crippen LogP contribution < -0.4 is 0 Å². The minimum absolute atomic E-state index is 0.323. The normalized spacial score (nSPS) is 11.7. The number of hydrogen-bond donors (Lipinski definition) is 0. The van der Waals surface area contributed by atoms with E-state index in [1.807, 2.05) is 0 Å². The summed E-state index contributed by atoms with van der Waals surface area (Å²) in [6, 6.07) is 5.19. The SMILES string of the molecule is C[N-]Cc1cccc(C(F)(F)F)c1. The fourth-order valence-electron chi connectivity index (χ4n) is 1.03. The van der Waals surface area contributed by atoms with Gasteiger partial charge >= 0.3 is 6.18 Å². The molecule has 72 valence electrons. The van der Waals surface area contributed by atoms with E-state index in [1.165, 1.54) is 6.07 Å². The van der Waals surface area contributed by atoms with Gasteiger partial charge in [-0.05, 0) is 6.07 Å². The maximum atomic E-state index is 12.2. The molecule has 13 heavy (non-hydrogen) atoms. The molecule has 0 aromatic heterocycles. The summed E-state index contributed by atoms with van der Waals surface area (Å²) in [5, 5.41) is 3.76. The average Bonchev–Trinajstić information content (AvgIpc) is 2.04. The van der Waals surface area contributed by atoms with Gasteiger partial charge in [0.2, 0.25) is 0 Å². The first-order chi connectivity index (χ1) is 6.04. The van der Waals surface area contributed by atoms with Crippen molar-refractivity contribution in [1.29, 1.82) is 0 Å². The third kappa shape index (κ3) is 2.73. The molecule has 0 aliphatic rings. The highest BCUT2D eigenvalue weighted by atomic mass is 19.4. The molecule has 0 aliphatic carbocycles. The lowest BCUT2D eigenvalue weighted by Crippen LogP contribution is -2.05. The first kappa shape index (κ1) is 10.1. The van der Waals surface area contributed by atoms with Gasteiger partial charge in [-0.25, -0.2) is 0 Å². The van der Waals surface area contributed by atoms with Crippen molar-refractivity contribution in [2.45, 2.75) is 12.7 Å². The molecule has 0 amide bonds. The fourth-order valence-corrected chi connectivity index (χ4v) is 1.03. The van der Waals surface area contributed by atoms with Crippen molar-refractivity contribution in [3.63, 3.8) is 0 Å². The number of alkyl halides is 3. The number of benzene rings is 1. The molecule has 0 spiro atoms. The van der Waals surface area contributed by atoms with Crippen LogP contribution in [-0.4, -0.2) is 7.05 Å². The van der Waals surface area contributed by atoms with Crippen LogP contribution in [0.2, 0.25) is 0 Å². The summed E-state index contributed by atoms with van der Waals surface area (Å²) in [7, 11) is 1.57. The van der Waals surface area contributed by atoms with Crippen LogP contribution in [0.3, 0.4) is 0 Å². The van der Waals surface area contributed by atoms with E-state index < -0.39 is 11.7 Å². The Kier molecular flexibility index (Phi) is 2.93. The van der Waals surface area contributed by atoms with E-state index in [4.69, 9.17) is 0 Å². The van der Waals surface area contributed by atoms with Crippen LogP contribution in [0.25, 0.3) is 5.32 Å². The molecule has 0 fully saturated rings. The maximum Gasteiger partial charge on any atom is 0.416 e. The highest BCUT2D eigenvalue weighted by molar-refractivity contribution is 5.26. The second kappa shape index (κ2) is 3.79. The molecule has 1 aromatic rings. The molecule has 0 N–H and O–H groups in total. The van der Waals surface area contributed by atoms with Crippen LogP contribution >= 0.6 is 0 Å². The lowest BCUT2D eigenvalue weighted by Gasteiger charge is -2.13. The van der Waals surface area contributed by atoms with Gasteiger partial charge in [-0.1, -0.05) is 23.8 Å². The second-order valence-corrected chi connectivity index (χ2v) is 2.67. The molecule has 1 rings (SSSR count). The van der Waals surface area contributed by atoms with Crippen LogP contribution in [-0.2, 0) is 12.7 Å². The maximum absolute atomic E-state index is 12.2. The molecule has 4 heteroatoms. The Hall–Kier alpha value is -1.03. The summed E-state index contributed by atoms with van der Waals surface area (Å²) in [6.45, 7) is 0.323. The van der Waals surface area contributed by atoms with Crippen molar-refractivity contribution in [2.75, 3.05) is 7.05 Å². The highest BCUT2D eigenvalue weighted by Gasteiger charge is 2.29. The first-order valence-electron chi connectivity index (χ1n) is 3.76. The van der Waals surface area contributed by atoms with Gasteiger partial charge in [0, 0.05) is 0 Å². The summed E-state index contributed by atoms with van der Waals surface area (Å²) in [4.78, 5) is 0. The van der Waals surface area contributed by atoms with E-state index in [0.29, 0.717) is 12.1 Å². The van der Waals surface area contributed by atoms with Gasteiger partial charge in [0.05, 0.1) is 5.56 Å². The molecule has 0 saturated heterocycles. The zero-order valence-corrected chi connectivity index (χ0v) is 7.10. The Bertz CT molecular complexity index is 280. The number of nitrogens with zero attached hydrogens (tertiary/aromatic N) is 1. The zero-order chi connectivity index (χ0) is 9.90. The monoisotopic (exact) mass is 188 g/mol. The molecule has 0 saturated carbocycles. The third-order valence-corrected chi connectivity index (χ3v) is 1.59. The molecule has 1 aromatic carbocycles. The molecule has 0 heterocycles. The van der Waals surface area contributed by atoms with E-state index in [9.17, 15) is 13.2 Å². The number of rotatable bonds is 2. The lowest BCUT2D eigenvalue weighted by molar-refractivity contribution is -0.137. The zero-order valence-electron chi connectivity index (χ0n) is 7.10. The van der Waals surface area contributed by atoms with Crippen LogP contribution in [0, 0.1) is 0 Å². The van der Waals surface area contributed by atoms with Gasteiger partial charge in [-0.2, -0.15) is 20.2 Å². The summed E-state index contributed by atoms with van der Waals surface area (Å²) >= 11 is 0.